The molecule has 2 heterocycles. The average Bonchev–Trinajstić information content (AvgIpc) is 2.66. The Kier molecular flexibility index (Phi) is 5.16. The maximum atomic E-state index is 13.0. The molecular weight excluding hydrogens is 337 g/mol. The van der Waals surface area contributed by atoms with E-state index < -0.39 is 6.09 Å². The first-order valence-electron chi connectivity index (χ1n) is 8.41. The van der Waals surface area contributed by atoms with Gasteiger partial charge in [0.2, 0.25) is 0 Å². The zero-order valence-electron chi connectivity index (χ0n) is 14.7. The fourth-order valence-corrected chi connectivity index (χ4v) is 2.96. The molecule has 0 saturated carbocycles. The van der Waals surface area contributed by atoms with Crippen LogP contribution in [0.15, 0.2) is 36.4 Å². The fourth-order valence-electron chi connectivity index (χ4n) is 2.96. The number of hydrogen-bond acceptors (Lipinski definition) is 4. The number of nitrogens with one attached hydrogen (secondary N) is 1. The van der Waals surface area contributed by atoms with Crippen molar-refractivity contribution in [3.05, 3.63) is 59.2 Å². The number of carbonyl (C=O) groups is 2. The molecule has 1 aliphatic heterocycles. The highest BCUT2D eigenvalue weighted by atomic mass is 19.1. The molecule has 0 spiro atoms. The number of nitrogens with zero attached hydrogens (tertiary/aromatic N) is 2. The predicted molar refractivity (Wildman–Crippen MR) is 94.6 cm³/mol. The van der Waals surface area contributed by atoms with Crippen molar-refractivity contribution in [3.8, 4) is 0 Å². The van der Waals surface area contributed by atoms with Gasteiger partial charge in [-0.05, 0) is 56.2 Å². The second-order valence-corrected chi connectivity index (χ2v) is 6.13. The first kappa shape index (κ1) is 17.8. The summed E-state index contributed by atoms with van der Waals surface area (Å²) in [7, 11) is 1.35. The van der Waals surface area contributed by atoms with Crippen LogP contribution in [0.4, 0.5) is 14.9 Å². The molecular formula is C19H20FN3O3. The number of aromatic nitrogens is 1. The molecule has 3 rings (SSSR count). The molecule has 6 nitrogen and oxygen atoms in total. The van der Waals surface area contributed by atoms with Gasteiger partial charge in [-0.25, -0.2) is 9.18 Å². The molecule has 0 fully saturated rings. The fraction of sp³-hybridized carbons (Fsp3) is 0.316. The average molecular weight is 357 g/mol. The molecule has 7 heteroatoms. The summed E-state index contributed by atoms with van der Waals surface area (Å²) in [6, 6.07) is 8.66. The number of amides is 2. The smallest absolute Gasteiger partial charge is 0.414 e. The van der Waals surface area contributed by atoms with Gasteiger partial charge in [-0.2, -0.15) is 0 Å². The predicted octanol–water partition coefficient (Wildman–Crippen LogP) is 3.23. The number of aryl methyl sites for hydroxylation is 1. The van der Waals surface area contributed by atoms with Gasteiger partial charge in [-0.3, -0.25) is 14.7 Å². The Labute approximate surface area is 151 Å². The van der Waals surface area contributed by atoms with E-state index in [2.05, 4.69) is 10.3 Å². The molecule has 1 aromatic heterocycles. The summed E-state index contributed by atoms with van der Waals surface area (Å²) in [6.45, 7) is 2.43. The van der Waals surface area contributed by atoms with Gasteiger partial charge in [-0.1, -0.05) is 0 Å². The Morgan fingerprint density at radius 2 is 1.96 bits per heavy atom. The maximum absolute atomic E-state index is 13.0. The van der Waals surface area contributed by atoms with Crippen molar-refractivity contribution < 1.29 is 18.7 Å². The van der Waals surface area contributed by atoms with Gasteiger partial charge >= 0.3 is 6.09 Å². The second kappa shape index (κ2) is 7.51. The molecule has 1 aliphatic rings. The number of pyridine rings is 1. The summed E-state index contributed by atoms with van der Waals surface area (Å²) in [4.78, 5) is 30.3. The summed E-state index contributed by atoms with van der Waals surface area (Å²) >= 11 is 0. The minimum absolute atomic E-state index is 0.298. The summed E-state index contributed by atoms with van der Waals surface area (Å²) in [5.41, 5.74) is 2.63. The third kappa shape index (κ3) is 3.66. The van der Waals surface area contributed by atoms with E-state index >= 15 is 0 Å². The first-order chi connectivity index (χ1) is 12.5. The highest BCUT2D eigenvalue weighted by Crippen LogP contribution is 2.27. The van der Waals surface area contributed by atoms with Crippen LogP contribution in [0.3, 0.4) is 0 Å². The van der Waals surface area contributed by atoms with Crippen molar-refractivity contribution in [1.29, 1.82) is 0 Å². The number of rotatable bonds is 3. The minimum atomic E-state index is -0.404. The van der Waals surface area contributed by atoms with E-state index in [4.69, 9.17) is 4.74 Å². The summed E-state index contributed by atoms with van der Waals surface area (Å²) < 4.78 is 17.8. The van der Waals surface area contributed by atoms with Crippen molar-refractivity contribution in [3.63, 3.8) is 0 Å². The molecule has 0 aliphatic carbocycles. The molecule has 1 aromatic carbocycles. The Bertz CT molecular complexity index is 823. The summed E-state index contributed by atoms with van der Waals surface area (Å²) in [6.07, 6.45) is 1.16. The van der Waals surface area contributed by atoms with E-state index in [-0.39, 0.29) is 17.8 Å². The molecule has 2 aromatic rings. The Balaban J connectivity index is 1.76. The van der Waals surface area contributed by atoms with E-state index in [1.807, 2.05) is 13.0 Å². The van der Waals surface area contributed by atoms with Gasteiger partial charge in [0.05, 0.1) is 30.2 Å². The van der Waals surface area contributed by atoms with Crippen molar-refractivity contribution in [2.24, 2.45) is 0 Å². The highest BCUT2D eigenvalue weighted by Gasteiger charge is 2.25. The van der Waals surface area contributed by atoms with Gasteiger partial charge in [0.1, 0.15) is 5.82 Å². The Morgan fingerprint density at radius 1 is 1.23 bits per heavy atom. The van der Waals surface area contributed by atoms with E-state index in [1.165, 1.54) is 31.4 Å². The minimum Gasteiger partial charge on any atom is -0.452 e. The van der Waals surface area contributed by atoms with Crippen molar-refractivity contribution >= 4 is 17.7 Å². The zero-order chi connectivity index (χ0) is 18.7. The molecule has 26 heavy (non-hydrogen) atoms. The van der Waals surface area contributed by atoms with Crippen molar-refractivity contribution in [2.45, 2.75) is 25.8 Å². The molecule has 0 radical (unpaired) electrons. The molecule has 1 N–H and O–H groups in total. The standard InChI is InChI=1S/C19H20FN3O3/c1-12(21-18(24)13-5-7-14(20)8-6-13)15-9-10-17-16(22-15)4-3-11-23(17)19(25)26-2/h5-10,12H,3-4,11H2,1-2H3,(H,21,24). The lowest BCUT2D eigenvalue weighted by Crippen LogP contribution is -2.36. The molecule has 1 unspecified atom stereocenters. The van der Waals surface area contributed by atoms with Gasteiger partial charge in [0, 0.05) is 12.1 Å². The summed E-state index contributed by atoms with van der Waals surface area (Å²) in [5.74, 6) is -0.686. The number of anilines is 1. The number of carbonyl (C=O) groups excluding carboxylic acids is 2. The number of halogens is 1. The van der Waals surface area contributed by atoms with Crippen LogP contribution >= 0.6 is 0 Å². The van der Waals surface area contributed by atoms with Gasteiger partial charge in [0.25, 0.3) is 5.91 Å². The molecule has 0 saturated heterocycles. The topological polar surface area (TPSA) is 71.5 Å². The van der Waals surface area contributed by atoms with Crippen molar-refractivity contribution in [1.82, 2.24) is 10.3 Å². The largest absolute Gasteiger partial charge is 0.452 e. The van der Waals surface area contributed by atoms with E-state index in [1.54, 1.807) is 11.0 Å². The first-order valence-corrected chi connectivity index (χ1v) is 8.41. The van der Waals surface area contributed by atoms with Crippen LogP contribution in [-0.2, 0) is 11.2 Å². The number of ether oxygens (including phenoxy) is 1. The van der Waals surface area contributed by atoms with E-state index in [0.29, 0.717) is 17.8 Å². The van der Waals surface area contributed by atoms with Crippen molar-refractivity contribution in [2.75, 3.05) is 18.6 Å². The lowest BCUT2D eigenvalue weighted by Gasteiger charge is -2.28. The van der Waals surface area contributed by atoms with Crippen LogP contribution in [0.1, 0.15) is 41.1 Å². The van der Waals surface area contributed by atoms with Crippen LogP contribution < -0.4 is 10.2 Å². The highest BCUT2D eigenvalue weighted by molar-refractivity contribution is 5.94. The van der Waals surface area contributed by atoms with E-state index in [9.17, 15) is 14.0 Å². The quantitative estimate of drug-likeness (QED) is 0.915. The molecule has 1 atom stereocenters. The number of hydrogen-bond donors (Lipinski definition) is 1. The van der Waals surface area contributed by atoms with Crippen LogP contribution in [0.5, 0.6) is 0 Å². The number of methoxy groups -OCH3 is 1. The van der Waals surface area contributed by atoms with Crippen LogP contribution in [0.2, 0.25) is 0 Å². The SMILES string of the molecule is COC(=O)N1CCCc2nc(C(C)NC(=O)c3ccc(F)cc3)ccc21. The number of benzene rings is 1. The monoisotopic (exact) mass is 357 g/mol. The van der Waals surface area contributed by atoms with Gasteiger partial charge in [0.15, 0.2) is 0 Å². The molecule has 136 valence electrons. The third-order valence-electron chi connectivity index (χ3n) is 4.35. The summed E-state index contributed by atoms with van der Waals surface area (Å²) in [5, 5.41) is 2.85. The normalized spacial score (nSPS) is 14.3. The van der Waals surface area contributed by atoms with Gasteiger partial charge in [-0.15, -0.1) is 0 Å². The van der Waals surface area contributed by atoms with Crippen LogP contribution in [-0.4, -0.2) is 30.6 Å². The zero-order valence-corrected chi connectivity index (χ0v) is 14.7. The van der Waals surface area contributed by atoms with Gasteiger partial charge < -0.3 is 10.1 Å². The maximum Gasteiger partial charge on any atom is 0.414 e. The van der Waals surface area contributed by atoms with Crippen LogP contribution in [0, 0.1) is 5.82 Å². The lowest BCUT2D eigenvalue weighted by molar-refractivity contribution is 0.0939. The third-order valence-corrected chi connectivity index (χ3v) is 4.35. The lowest BCUT2D eigenvalue weighted by atomic mass is 10.1. The van der Waals surface area contributed by atoms with E-state index in [0.717, 1.165) is 24.2 Å². The Hall–Kier alpha value is -2.96. The second-order valence-electron chi connectivity index (χ2n) is 6.13. The molecule has 0 bridgehead atoms. The molecule has 2 amide bonds. The van der Waals surface area contributed by atoms with Crippen LogP contribution in [0.25, 0.3) is 0 Å². The Morgan fingerprint density at radius 3 is 2.65 bits per heavy atom. The number of fused-ring (bicyclic) bond motifs is 1.